The lowest BCUT2D eigenvalue weighted by molar-refractivity contribution is -0.162. The molecule has 0 bridgehead atoms. The van der Waals surface area contributed by atoms with E-state index in [-0.39, 0.29) is 23.1 Å². The van der Waals surface area contributed by atoms with E-state index in [0.29, 0.717) is 6.08 Å². The first-order chi connectivity index (χ1) is 19.7. The fourth-order valence-electron chi connectivity index (χ4n) is 4.75. The van der Waals surface area contributed by atoms with Crippen molar-refractivity contribution < 1.29 is 69.2 Å². The molecule has 0 aromatic heterocycles. The molecule has 2 aromatic carbocycles. The summed E-state index contributed by atoms with van der Waals surface area (Å²) in [6.45, 7) is 0. The predicted molar refractivity (Wildman–Crippen MR) is 138 cm³/mol. The van der Waals surface area contributed by atoms with Gasteiger partial charge in [-0.1, -0.05) is 24.3 Å². The van der Waals surface area contributed by atoms with Gasteiger partial charge < -0.3 is 45.2 Å². The summed E-state index contributed by atoms with van der Waals surface area (Å²) < 4.78 is 9.75. The van der Waals surface area contributed by atoms with Crippen LogP contribution in [0.15, 0.2) is 60.2 Å². The van der Waals surface area contributed by atoms with Gasteiger partial charge >= 0.3 is 29.8 Å². The van der Waals surface area contributed by atoms with Crippen molar-refractivity contribution in [2.75, 3.05) is 7.11 Å². The Kier molecular flexibility index (Phi) is 9.42. The summed E-state index contributed by atoms with van der Waals surface area (Å²) in [4.78, 5) is 61.6. The molecule has 1 aliphatic carbocycles. The van der Waals surface area contributed by atoms with E-state index < -0.39 is 82.6 Å². The Hall–Kier alpha value is -5.53. The Morgan fingerprint density at radius 3 is 1.98 bits per heavy atom. The van der Waals surface area contributed by atoms with E-state index in [1.807, 2.05) is 0 Å². The summed E-state index contributed by atoms with van der Waals surface area (Å²) in [7, 11) is 1.03. The number of benzene rings is 2. The second-order valence-electron chi connectivity index (χ2n) is 9.29. The maximum Gasteiger partial charge on any atom is 0.347 e. The Morgan fingerprint density at radius 2 is 1.45 bits per heavy atom. The van der Waals surface area contributed by atoms with Crippen molar-refractivity contribution in [2.24, 2.45) is 17.8 Å². The van der Waals surface area contributed by atoms with Crippen LogP contribution >= 0.6 is 0 Å². The molecule has 2 aromatic rings. The van der Waals surface area contributed by atoms with Crippen LogP contribution in [0.2, 0.25) is 0 Å². The first-order valence-electron chi connectivity index (χ1n) is 12.1. The number of allylic oxidation sites excluding steroid dienone is 1. The predicted octanol–water partition coefficient (Wildman–Crippen LogP) is 1.52. The number of carbonyl (C=O) groups is 5. The third-order valence-electron chi connectivity index (χ3n) is 6.68. The molecule has 3 rings (SSSR count). The molecule has 5 atom stereocenters. The van der Waals surface area contributed by atoms with E-state index >= 15 is 0 Å². The second-order valence-corrected chi connectivity index (χ2v) is 9.29. The van der Waals surface area contributed by atoms with E-state index in [9.17, 15) is 59.7 Å². The number of aliphatic carboxylic acids is 3. The number of carboxylic acids is 3. The first kappa shape index (κ1) is 31.0. The van der Waals surface area contributed by atoms with Gasteiger partial charge in [-0.05, 0) is 41.0 Å². The minimum atomic E-state index is -1.89. The highest BCUT2D eigenvalue weighted by Gasteiger charge is 2.50. The lowest BCUT2D eigenvalue weighted by atomic mass is 9.64. The Labute approximate surface area is 237 Å². The van der Waals surface area contributed by atoms with Crippen molar-refractivity contribution in [1.29, 1.82) is 0 Å². The molecule has 0 heterocycles. The van der Waals surface area contributed by atoms with Crippen LogP contribution < -0.4 is 0 Å². The number of ether oxygens (including phenoxy) is 2. The number of methoxy groups -OCH3 is 1. The van der Waals surface area contributed by atoms with Gasteiger partial charge in [0.2, 0.25) is 6.10 Å². The molecule has 0 unspecified atom stereocenters. The summed E-state index contributed by atoms with van der Waals surface area (Å²) in [5.74, 6) is -16.1. The normalized spacial score (nSPS) is 20.7. The van der Waals surface area contributed by atoms with E-state index in [4.69, 9.17) is 4.74 Å². The summed E-state index contributed by atoms with van der Waals surface area (Å²) in [6.07, 6.45) is 0.700. The minimum Gasteiger partial charge on any atom is -0.504 e. The van der Waals surface area contributed by atoms with E-state index in [1.54, 1.807) is 0 Å². The van der Waals surface area contributed by atoms with Crippen molar-refractivity contribution in [3.05, 3.63) is 71.3 Å². The number of carboxylic acid groups (broad SMARTS) is 3. The maximum absolute atomic E-state index is 12.6. The summed E-state index contributed by atoms with van der Waals surface area (Å²) in [5, 5.41) is 68.5. The highest BCUT2D eigenvalue weighted by molar-refractivity contribution is 5.89. The number of carbonyl (C=O) groups excluding carboxylic acids is 2. The van der Waals surface area contributed by atoms with Gasteiger partial charge in [0, 0.05) is 18.4 Å². The molecule has 14 heteroatoms. The zero-order valence-corrected chi connectivity index (χ0v) is 21.8. The molecule has 7 N–H and O–H groups in total. The van der Waals surface area contributed by atoms with Gasteiger partial charge in [-0.25, -0.2) is 9.59 Å². The molecule has 42 heavy (non-hydrogen) atoms. The fourth-order valence-corrected chi connectivity index (χ4v) is 4.75. The lowest BCUT2D eigenvalue weighted by Crippen LogP contribution is -2.43. The third kappa shape index (κ3) is 6.78. The lowest BCUT2D eigenvalue weighted by Gasteiger charge is -2.36. The van der Waals surface area contributed by atoms with Gasteiger partial charge in [-0.2, -0.15) is 0 Å². The van der Waals surface area contributed by atoms with Gasteiger partial charge in [-0.15, -0.1) is 0 Å². The Bertz CT molecular complexity index is 1470. The molecule has 0 amide bonds. The van der Waals surface area contributed by atoms with Crippen LogP contribution in [-0.4, -0.2) is 78.8 Å². The minimum absolute atomic E-state index is 0.0590. The van der Waals surface area contributed by atoms with Gasteiger partial charge in [-0.3, -0.25) is 14.4 Å². The standard InChI is InChI=1S/C28H26O14/c1-41-28(40)20(9-12-2-5-16(29)18(31)8-12)42-21(33)7-4-13-10-15(25(34)35)22(14-3-6-17(30)19(32)11-14)24(27(38)39)23(13)26(36)37/h2-8,10-11,15,20,22-24,29-32H,9H2,1H3,(H,34,35)(H,36,37)(H,38,39)/b7-4+/t15-,20-,22+,23+,24-/m1/s1. The largest absolute Gasteiger partial charge is 0.504 e. The quantitative estimate of drug-likeness (QED) is 0.119. The fraction of sp³-hybridized carbons (Fsp3) is 0.250. The van der Waals surface area contributed by atoms with Gasteiger partial charge in [0.25, 0.3) is 0 Å². The molecule has 0 spiro atoms. The number of phenolic OH excluding ortho intramolecular Hbond substituents is 4. The topological polar surface area (TPSA) is 245 Å². The molecule has 0 saturated heterocycles. The molecule has 0 aliphatic heterocycles. The molecule has 14 nitrogen and oxygen atoms in total. The third-order valence-corrected chi connectivity index (χ3v) is 6.68. The number of aromatic hydroxyl groups is 4. The molecule has 0 fully saturated rings. The number of hydrogen-bond acceptors (Lipinski definition) is 11. The van der Waals surface area contributed by atoms with Crippen LogP contribution in [0.4, 0.5) is 0 Å². The van der Waals surface area contributed by atoms with Crippen LogP contribution in [0.25, 0.3) is 0 Å². The van der Waals surface area contributed by atoms with E-state index in [1.165, 1.54) is 6.07 Å². The second kappa shape index (κ2) is 12.8. The van der Waals surface area contributed by atoms with Gasteiger partial charge in [0.1, 0.15) is 0 Å². The summed E-state index contributed by atoms with van der Waals surface area (Å²) >= 11 is 0. The van der Waals surface area contributed by atoms with Crippen molar-refractivity contribution in [3.8, 4) is 23.0 Å². The van der Waals surface area contributed by atoms with E-state index in [2.05, 4.69) is 4.74 Å². The Morgan fingerprint density at radius 1 is 0.833 bits per heavy atom. The molecular formula is C28H26O14. The molecule has 222 valence electrons. The molecule has 0 radical (unpaired) electrons. The summed E-state index contributed by atoms with van der Waals surface area (Å²) in [5.41, 5.74) is -0.133. The average molecular weight is 587 g/mol. The number of phenols is 4. The van der Waals surface area contributed by atoms with Crippen molar-refractivity contribution >= 4 is 29.8 Å². The summed E-state index contributed by atoms with van der Waals surface area (Å²) in [6, 6.07) is 6.73. The zero-order valence-electron chi connectivity index (χ0n) is 21.8. The van der Waals surface area contributed by atoms with Crippen LogP contribution in [0.1, 0.15) is 17.0 Å². The van der Waals surface area contributed by atoms with Crippen LogP contribution in [0, 0.1) is 17.8 Å². The van der Waals surface area contributed by atoms with Crippen LogP contribution in [-0.2, 0) is 39.9 Å². The van der Waals surface area contributed by atoms with Gasteiger partial charge in [0.05, 0.1) is 24.9 Å². The average Bonchev–Trinajstić information content (AvgIpc) is 2.93. The van der Waals surface area contributed by atoms with E-state index in [0.717, 1.165) is 49.6 Å². The molecular weight excluding hydrogens is 560 g/mol. The number of hydrogen-bond donors (Lipinski definition) is 7. The SMILES string of the molecule is COC(=O)[C@@H](Cc1ccc(O)c(O)c1)OC(=O)/C=C/C1=C[C@@H](C(=O)O)[C@H](c2ccc(O)c(O)c2)[C@@H](C(=O)O)[C@H]1C(=O)O. The van der Waals surface area contributed by atoms with Crippen molar-refractivity contribution in [2.45, 2.75) is 18.4 Å². The monoisotopic (exact) mass is 586 g/mol. The zero-order chi connectivity index (χ0) is 31.3. The van der Waals surface area contributed by atoms with Gasteiger partial charge in [0.15, 0.2) is 23.0 Å². The number of rotatable bonds is 10. The molecule has 1 aliphatic rings. The van der Waals surface area contributed by atoms with Crippen LogP contribution in [0.3, 0.4) is 0 Å². The maximum atomic E-state index is 12.6. The van der Waals surface area contributed by atoms with Crippen LogP contribution in [0.5, 0.6) is 23.0 Å². The number of esters is 2. The van der Waals surface area contributed by atoms with Crippen molar-refractivity contribution in [3.63, 3.8) is 0 Å². The highest BCUT2D eigenvalue weighted by Crippen LogP contribution is 2.46. The molecule has 0 saturated carbocycles. The highest BCUT2D eigenvalue weighted by atomic mass is 16.6. The Balaban J connectivity index is 1.97. The first-order valence-corrected chi connectivity index (χ1v) is 12.1. The smallest absolute Gasteiger partial charge is 0.347 e. The van der Waals surface area contributed by atoms with Crippen molar-refractivity contribution in [1.82, 2.24) is 0 Å².